The average Bonchev–Trinajstić information content (AvgIpc) is 3.16. The molecule has 1 N–H and O–H groups in total. The van der Waals surface area contributed by atoms with Gasteiger partial charge in [0.1, 0.15) is 22.9 Å². The van der Waals surface area contributed by atoms with Gasteiger partial charge in [-0.1, -0.05) is 24.3 Å². The Morgan fingerprint density at radius 3 is 2.50 bits per heavy atom. The van der Waals surface area contributed by atoms with Gasteiger partial charge in [0.05, 0.1) is 20.3 Å². The van der Waals surface area contributed by atoms with Gasteiger partial charge in [-0.05, 0) is 29.8 Å². The number of aliphatic hydroxyl groups is 1. The molecule has 0 unspecified atom stereocenters. The van der Waals surface area contributed by atoms with Gasteiger partial charge in [-0.2, -0.15) is 0 Å². The molecule has 0 atom stereocenters. The molecule has 28 heavy (non-hydrogen) atoms. The quantitative estimate of drug-likeness (QED) is 0.522. The smallest absolute Gasteiger partial charge is 0.136 e. The summed E-state index contributed by atoms with van der Waals surface area (Å²) in [7, 11) is 3.36. The summed E-state index contributed by atoms with van der Waals surface area (Å²) in [4.78, 5) is 2.24. The van der Waals surface area contributed by atoms with Gasteiger partial charge in [0.2, 0.25) is 0 Å². The fourth-order valence-electron chi connectivity index (χ4n) is 3.16. The Morgan fingerprint density at radius 1 is 1.11 bits per heavy atom. The van der Waals surface area contributed by atoms with E-state index in [2.05, 4.69) is 24.1 Å². The molecule has 0 aliphatic rings. The van der Waals surface area contributed by atoms with Gasteiger partial charge in [0, 0.05) is 33.0 Å². The van der Waals surface area contributed by atoms with Crippen molar-refractivity contribution in [2.75, 3.05) is 27.4 Å². The molecule has 5 heteroatoms. The van der Waals surface area contributed by atoms with Gasteiger partial charge >= 0.3 is 0 Å². The monoisotopic (exact) mass is 385 g/mol. The fraction of sp³-hybridized carbons (Fsp3) is 0.391. The van der Waals surface area contributed by atoms with Crippen LogP contribution in [0.3, 0.4) is 0 Å². The molecule has 0 saturated heterocycles. The van der Waals surface area contributed by atoms with Crippen molar-refractivity contribution in [3.8, 4) is 5.75 Å². The normalized spacial score (nSPS) is 11.6. The van der Waals surface area contributed by atoms with Crippen molar-refractivity contribution in [2.24, 2.45) is 0 Å². The van der Waals surface area contributed by atoms with Crippen molar-refractivity contribution < 1.29 is 19.0 Å². The molecule has 0 spiro atoms. The van der Waals surface area contributed by atoms with Gasteiger partial charge < -0.3 is 19.0 Å². The van der Waals surface area contributed by atoms with Crippen LogP contribution in [0.4, 0.5) is 0 Å². The van der Waals surface area contributed by atoms with Crippen LogP contribution < -0.4 is 4.74 Å². The average molecular weight is 386 g/mol. The first kappa shape index (κ1) is 22.0. The van der Waals surface area contributed by atoms with Gasteiger partial charge in [0.15, 0.2) is 0 Å². The van der Waals surface area contributed by atoms with Crippen LogP contribution in [-0.4, -0.2) is 37.4 Å². The first-order valence-corrected chi connectivity index (χ1v) is 9.42. The van der Waals surface area contributed by atoms with Crippen LogP contribution in [0.2, 0.25) is 0 Å². The molecule has 0 fully saturated rings. The van der Waals surface area contributed by atoms with Crippen molar-refractivity contribution in [3.05, 3.63) is 78.8 Å². The highest BCUT2D eigenvalue weighted by molar-refractivity contribution is 5.28. The molecule has 2 aromatic rings. The SMILES string of the molecule is C=CCC(O)(CC=C)c1ccc(CN(CCOC)Cc2cccc(OC)c2)o1. The molecule has 5 nitrogen and oxygen atoms in total. The maximum Gasteiger partial charge on any atom is 0.136 e. The highest BCUT2D eigenvalue weighted by atomic mass is 16.5. The number of benzene rings is 1. The van der Waals surface area contributed by atoms with Crippen LogP contribution in [-0.2, 0) is 23.4 Å². The maximum absolute atomic E-state index is 10.9. The van der Waals surface area contributed by atoms with Crippen LogP contribution in [0.15, 0.2) is 66.1 Å². The number of furan rings is 1. The van der Waals surface area contributed by atoms with Crippen molar-refractivity contribution in [1.82, 2.24) is 4.90 Å². The van der Waals surface area contributed by atoms with E-state index in [4.69, 9.17) is 13.9 Å². The Kier molecular flexibility index (Phi) is 8.51. The van der Waals surface area contributed by atoms with Crippen molar-refractivity contribution in [1.29, 1.82) is 0 Å². The molecule has 0 saturated carbocycles. The zero-order valence-corrected chi connectivity index (χ0v) is 16.9. The topological polar surface area (TPSA) is 55.1 Å². The Labute approximate surface area is 167 Å². The molecule has 1 aromatic heterocycles. The van der Waals surface area contributed by atoms with E-state index in [1.54, 1.807) is 26.4 Å². The van der Waals surface area contributed by atoms with Crippen LogP contribution >= 0.6 is 0 Å². The number of methoxy groups -OCH3 is 2. The summed E-state index contributed by atoms with van der Waals surface area (Å²) in [5.74, 6) is 2.17. The lowest BCUT2D eigenvalue weighted by Gasteiger charge is -2.24. The Bertz CT molecular complexity index is 743. The van der Waals surface area contributed by atoms with Crippen molar-refractivity contribution in [2.45, 2.75) is 31.5 Å². The van der Waals surface area contributed by atoms with Crippen LogP contribution in [0.25, 0.3) is 0 Å². The second kappa shape index (κ2) is 10.9. The second-order valence-corrected chi connectivity index (χ2v) is 6.84. The maximum atomic E-state index is 10.9. The largest absolute Gasteiger partial charge is 0.497 e. The molecule has 0 amide bonds. The van der Waals surface area contributed by atoms with E-state index in [1.807, 2.05) is 30.3 Å². The number of hydrogen-bond donors (Lipinski definition) is 1. The lowest BCUT2D eigenvalue weighted by Crippen LogP contribution is -2.26. The first-order chi connectivity index (χ1) is 13.5. The highest BCUT2D eigenvalue weighted by Gasteiger charge is 2.30. The molecule has 1 heterocycles. The molecule has 0 radical (unpaired) electrons. The Hall–Kier alpha value is -2.34. The predicted molar refractivity (Wildman–Crippen MR) is 111 cm³/mol. The first-order valence-electron chi connectivity index (χ1n) is 9.42. The van der Waals surface area contributed by atoms with Gasteiger partial charge in [-0.15, -0.1) is 13.2 Å². The molecule has 0 aliphatic carbocycles. The summed E-state index contributed by atoms with van der Waals surface area (Å²) in [5, 5.41) is 10.9. The molecule has 152 valence electrons. The number of nitrogens with zero attached hydrogens (tertiary/aromatic N) is 1. The molecular weight excluding hydrogens is 354 g/mol. The Balaban J connectivity index is 2.14. The van der Waals surface area contributed by atoms with E-state index in [1.165, 1.54) is 0 Å². The van der Waals surface area contributed by atoms with Crippen LogP contribution in [0, 0.1) is 0 Å². The molecule has 0 aliphatic heterocycles. The van der Waals surface area contributed by atoms with Crippen molar-refractivity contribution in [3.63, 3.8) is 0 Å². The third kappa shape index (κ3) is 6.09. The third-order valence-electron chi connectivity index (χ3n) is 4.62. The van der Waals surface area contributed by atoms with Crippen LogP contribution in [0.5, 0.6) is 5.75 Å². The van der Waals surface area contributed by atoms with E-state index in [0.717, 1.165) is 30.2 Å². The predicted octanol–water partition coefficient (Wildman–Crippen LogP) is 4.28. The summed E-state index contributed by atoms with van der Waals surface area (Å²) in [6.07, 6.45) is 4.20. The highest BCUT2D eigenvalue weighted by Crippen LogP contribution is 2.31. The van der Waals surface area contributed by atoms with Gasteiger partial charge in [-0.3, -0.25) is 4.90 Å². The third-order valence-corrected chi connectivity index (χ3v) is 4.62. The lowest BCUT2D eigenvalue weighted by atomic mass is 9.93. The second-order valence-electron chi connectivity index (χ2n) is 6.84. The zero-order chi connectivity index (χ0) is 20.4. The summed E-state index contributed by atoms with van der Waals surface area (Å²) in [5.41, 5.74) is 0.0448. The molecular formula is C23H31NO4. The number of ether oxygens (including phenoxy) is 2. The van der Waals surface area contributed by atoms with Gasteiger partial charge in [0.25, 0.3) is 0 Å². The van der Waals surface area contributed by atoms with E-state index in [0.29, 0.717) is 31.8 Å². The van der Waals surface area contributed by atoms with E-state index < -0.39 is 5.60 Å². The van der Waals surface area contributed by atoms with E-state index in [9.17, 15) is 5.11 Å². The number of hydrogen-bond acceptors (Lipinski definition) is 5. The van der Waals surface area contributed by atoms with E-state index in [-0.39, 0.29) is 0 Å². The summed E-state index contributed by atoms with van der Waals surface area (Å²) >= 11 is 0. The fourth-order valence-corrected chi connectivity index (χ4v) is 3.16. The minimum atomic E-state index is -1.11. The summed E-state index contributed by atoms with van der Waals surface area (Å²) in [6, 6.07) is 11.8. The molecule has 1 aromatic carbocycles. The van der Waals surface area contributed by atoms with Crippen LogP contribution in [0.1, 0.15) is 29.9 Å². The lowest BCUT2D eigenvalue weighted by molar-refractivity contribution is 0.0184. The van der Waals surface area contributed by atoms with Crippen molar-refractivity contribution >= 4 is 0 Å². The summed E-state index contributed by atoms with van der Waals surface area (Å²) < 4.78 is 16.6. The Morgan fingerprint density at radius 2 is 1.86 bits per heavy atom. The minimum absolute atomic E-state index is 0.406. The van der Waals surface area contributed by atoms with E-state index >= 15 is 0 Å². The summed E-state index contributed by atoms with van der Waals surface area (Å²) in [6.45, 7) is 10.2. The zero-order valence-electron chi connectivity index (χ0n) is 16.9. The standard InChI is InChI=1S/C23H31NO4/c1-5-12-23(25,13-6-2)22-11-10-21(28-22)18-24(14-15-26-3)17-19-8-7-9-20(16-19)27-4/h5-11,16,25H,1-2,12-15,17-18H2,3-4H3. The molecule has 2 rings (SSSR count). The minimum Gasteiger partial charge on any atom is -0.497 e. The molecule has 0 bridgehead atoms. The number of rotatable bonds is 13. The van der Waals surface area contributed by atoms with Gasteiger partial charge in [-0.25, -0.2) is 0 Å².